The Morgan fingerprint density at radius 2 is 1.48 bits per heavy atom. The van der Waals surface area contributed by atoms with E-state index in [1.54, 1.807) is 0 Å². The van der Waals surface area contributed by atoms with Crippen molar-refractivity contribution in [3.8, 4) is 0 Å². The fourth-order valence-electron chi connectivity index (χ4n) is 2.69. The summed E-state index contributed by atoms with van der Waals surface area (Å²) in [5.74, 6) is 0.511. The molecule has 0 spiro atoms. The van der Waals surface area contributed by atoms with Gasteiger partial charge in [-0.25, -0.2) is 0 Å². The van der Waals surface area contributed by atoms with E-state index < -0.39 is 0 Å². The summed E-state index contributed by atoms with van der Waals surface area (Å²) in [6, 6.07) is 0. The number of rotatable bonds is 15. The lowest BCUT2D eigenvalue weighted by molar-refractivity contribution is -0.125. The number of nitrogens with one attached hydrogen (secondary N) is 1. The zero-order chi connectivity index (χ0) is 15.8. The van der Waals surface area contributed by atoms with Gasteiger partial charge >= 0.3 is 0 Å². The van der Waals surface area contributed by atoms with Crippen LogP contribution in [0.4, 0.5) is 0 Å². The first kappa shape index (κ1) is 20.5. The number of carbonyl (C=O) groups is 1. The van der Waals surface area contributed by atoms with Crippen LogP contribution in [0.1, 0.15) is 97.3 Å². The second kappa shape index (κ2) is 15.9. The van der Waals surface area contributed by atoms with Gasteiger partial charge in [0.1, 0.15) is 0 Å². The van der Waals surface area contributed by atoms with Crippen LogP contribution in [-0.2, 0) is 4.79 Å². The first-order valence-electron chi connectivity index (χ1n) is 9.33. The molecular formula is C19H38NO. The Morgan fingerprint density at radius 1 is 0.905 bits per heavy atom. The topological polar surface area (TPSA) is 29.1 Å². The number of amides is 1. The van der Waals surface area contributed by atoms with E-state index in [-0.39, 0.29) is 11.8 Å². The van der Waals surface area contributed by atoms with Crippen LogP contribution in [0.5, 0.6) is 0 Å². The van der Waals surface area contributed by atoms with Crippen LogP contribution in [0.2, 0.25) is 0 Å². The van der Waals surface area contributed by atoms with E-state index in [9.17, 15) is 4.79 Å². The van der Waals surface area contributed by atoms with Gasteiger partial charge in [-0.15, -0.1) is 0 Å². The molecule has 2 nitrogen and oxygen atoms in total. The standard InChI is InChI=1S/C19H38NO/c1-4-7-9-10-11-12-13-14-15-17-20-19(21)18(6-3)16-8-5-2/h18H,1,4-17H2,2-3H3,(H,20,21). The van der Waals surface area contributed by atoms with Crippen molar-refractivity contribution in [2.45, 2.75) is 97.3 Å². The molecule has 0 rings (SSSR count). The van der Waals surface area contributed by atoms with Gasteiger partial charge in [-0.3, -0.25) is 4.79 Å². The van der Waals surface area contributed by atoms with Gasteiger partial charge in [0.15, 0.2) is 0 Å². The minimum absolute atomic E-state index is 0.234. The molecule has 1 amide bonds. The molecule has 0 aromatic carbocycles. The zero-order valence-electron chi connectivity index (χ0n) is 14.6. The predicted octanol–water partition coefficient (Wildman–Crippen LogP) is 5.66. The number of hydrogen-bond acceptors (Lipinski definition) is 1. The van der Waals surface area contributed by atoms with Crippen molar-refractivity contribution in [3.63, 3.8) is 0 Å². The molecule has 0 heterocycles. The van der Waals surface area contributed by atoms with Gasteiger partial charge in [-0.05, 0) is 19.3 Å². The molecule has 0 aliphatic rings. The molecule has 2 heteroatoms. The lowest BCUT2D eigenvalue weighted by Crippen LogP contribution is -2.31. The second-order valence-electron chi connectivity index (χ2n) is 6.22. The molecule has 0 aromatic heterocycles. The third-order valence-electron chi connectivity index (χ3n) is 4.25. The Hall–Kier alpha value is -0.530. The van der Waals surface area contributed by atoms with Gasteiger partial charge in [0.05, 0.1) is 0 Å². The highest BCUT2D eigenvalue weighted by atomic mass is 16.1. The zero-order valence-corrected chi connectivity index (χ0v) is 14.6. The first-order valence-corrected chi connectivity index (χ1v) is 9.33. The fraction of sp³-hybridized carbons (Fsp3) is 0.895. The van der Waals surface area contributed by atoms with Crippen LogP contribution >= 0.6 is 0 Å². The van der Waals surface area contributed by atoms with Gasteiger partial charge in [0, 0.05) is 12.5 Å². The van der Waals surface area contributed by atoms with Gasteiger partial charge in [0.25, 0.3) is 0 Å². The molecule has 1 unspecified atom stereocenters. The lowest BCUT2D eigenvalue weighted by Gasteiger charge is -2.14. The summed E-state index contributed by atoms with van der Waals surface area (Å²) in [5, 5.41) is 3.12. The summed E-state index contributed by atoms with van der Waals surface area (Å²) in [4.78, 5) is 12.0. The Balaban J connectivity index is 3.38. The minimum atomic E-state index is 0.234. The van der Waals surface area contributed by atoms with Crippen molar-refractivity contribution < 1.29 is 4.79 Å². The third-order valence-corrected chi connectivity index (χ3v) is 4.25. The average molecular weight is 297 g/mol. The SMILES string of the molecule is [CH2]CCCCCCCCCCNC(=O)C(CC)CCCC. The Morgan fingerprint density at radius 3 is 2.00 bits per heavy atom. The maximum Gasteiger partial charge on any atom is 0.223 e. The highest BCUT2D eigenvalue weighted by molar-refractivity contribution is 5.78. The van der Waals surface area contributed by atoms with Crippen molar-refractivity contribution in [2.75, 3.05) is 6.54 Å². The normalized spacial score (nSPS) is 12.3. The van der Waals surface area contributed by atoms with E-state index in [1.807, 2.05) is 0 Å². The number of carbonyl (C=O) groups excluding carboxylic acids is 1. The van der Waals surface area contributed by atoms with Crippen molar-refractivity contribution in [1.29, 1.82) is 0 Å². The fourth-order valence-corrected chi connectivity index (χ4v) is 2.69. The Kier molecular flexibility index (Phi) is 15.5. The smallest absolute Gasteiger partial charge is 0.223 e. The molecule has 0 saturated carbocycles. The molecule has 0 aromatic rings. The summed E-state index contributed by atoms with van der Waals surface area (Å²) < 4.78 is 0. The molecule has 0 aliphatic carbocycles. The van der Waals surface area contributed by atoms with Crippen LogP contribution in [0, 0.1) is 12.8 Å². The number of unbranched alkanes of at least 4 members (excludes halogenated alkanes) is 9. The molecule has 0 bridgehead atoms. The van der Waals surface area contributed by atoms with Crippen molar-refractivity contribution in [2.24, 2.45) is 5.92 Å². The van der Waals surface area contributed by atoms with E-state index in [0.717, 1.165) is 32.2 Å². The van der Waals surface area contributed by atoms with E-state index >= 15 is 0 Å². The first-order chi connectivity index (χ1) is 10.3. The van der Waals surface area contributed by atoms with E-state index in [0.29, 0.717) is 0 Å². The van der Waals surface area contributed by atoms with Crippen molar-refractivity contribution in [1.82, 2.24) is 5.32 Å². The van der Waals surface area contributed by atoms with Crippen LogP contribution in [0.3, 0.4) is 0 Å². The lowest BCUT2D eigenvalue weighted by atomic mass is 9.98. The van der Waals surface area contributed by atoms with Crippen molar-refractivity contribution in [3.05, 3.63) is 6.92 Å². The summed E-state index contributed by atoms with van der Waals surface area (Å²) in [6.07, 6.45) is 15.8. The summed E-state index contributed by atoms with van der Waals surface area (Å²) in [7, 11) is 0. The summed E-state index contributed by atoms with van der Waals surface area (Å²) >= 11 is 0. The molecule has 0 fully saturated rings. The van der Waals surface area contributed by atoms with Crippen LogP contribution in [-0.4, -0.2) is 12.5 Å². The molecule has 1 atom stereocenters. The van der Waals surface area contributed by atoms with Gasteiger partial charge in [-0.2, -0.15) is 0 Å². The van der Waals surface area contributed by atoms with E-state index in [4.69, 9.17) is 0 Å². The largest absolute Gasteiger partial charge is 0.356 e. The summed E-state index contributed by atoms with van der Waals surface area (Å²) in [5.41, 5.74) is 0. The Bertz CT molecular complexity index is 228. The van der Waals surface area contributed by atoms with Crippen LogP contribution in [0.25, 0.3) is 0 Å². The molecular weight excluding hydrogens is 258 g/mol. The second-order valence-corrected chi connectivity index (χ2v) is 6.22. The summed E-state index contributed by atoms with van der Waals surface area (Å²) in [6.45, 7) is 9.04. The van der Waals surface area contributed by atoms with Crippen LogP contribution < -0.4 is 5.32 Å². The van der Waals surface area contributed by atoms with E-state index in [1.165, 1.54) is 57.8 Å². The van der Waals surface area contributed by atoms with Crippen LogP contribution in [0.15, 0.2) is 0 Å². The maximum atomic E-state index is 12.0. The predicted molar refractivity (Wildman–Crippen MR) is 93.2 cm³/mol. The van der Waals surface area contributed by atoms with Gasteiger partial charge in [-0.1, -0.05) is 85.0 Å². The van der Waals surface area contributed by atoms with E-state index in [2.05, 4.69) is 26.1 Å². The highest BCUT2D eigenvalue weighted by Crippen LogP contribution is 2.13. The molecule has 0 saturated heterocycles. The number of hydrogen-bond donors (Lipinski definition) is 1. The van der Waals surface area contributed by atoms with Gasteiger partial charge in [0.2, 0.25) is 5.91 Å². The molecule has 0 aliphatic heterocycles. The Labute approximate surface area is 133 Å². The molecule has 1 radical (unpaired) electrons. The van der Waals surface area contributed by atoms with Gasteiger partial charge < -0.3 is 5.32 Å². The monoisotopic (exact) mass is 296 g/mol. The molecule has 1 N–H and O–H groups in total. The maximum absolute atomic E-state index is 12.0. The molecule has 21 heavy (non-hydrogen) atoms. The quantitative estimate of drug-likeness (QED) is 0.388. The third kappa shape index (κ3) is 12.9. The minimum Gasteiger partial charge on any atom is -0.356 e. The highest BCUT2D eigenvalue weighted by Gasteiger charge is 2.14. The average Bonchev–Trinajstić information content (AvgIpc) is 2.50. The van der Waals surface area contributed by atoms with Crippen molar-refractivity contribution >= 4 is 5.91 Å². The molecule has 125 valence electrons.